The Morgan fingerprint density at radius 3 is 2.81 bits per heavy atom. The summed E-state index contributed by atoms with van der Waals surface area (Å²) in [6.07, 6.45) is 4.09. The molecule has 0 spiro atoms. The Morgan fingerprint density at radius 1 is 1.25 bits per heavy atom. The molecule has 2 aromatic rings. The van der Waals surface area contributed by atoms with Gasteiger partial charge in [-0.2, -0.15) is 0 Å². The lowest BCUT2D eigenvalue weighted by molar-refractivity contribution is 0.598. The zero-order valence-corrected chi connectivity index (χ0v) is 9.13. The quantitative estimate of drug-likeness (QED) is 0.765. The summed E-state index contributed by atoms with van der Waals surface area (Å²) >= 11 is 0. The molecule has 2 rings (SSSR count). The average molecular weight is 220 g/mol. The maximum Gasteiger partial charge on any atom is 0.152 e. The second kappa shape index (κ2) is 4.56. The zero-order valence-electron chi connectivity index (χ0n) is 9.13. The summed E-state index contributed by atoms with van der Waals surface area (Å²) in [5.74, 6) is -0.801. The highest BCUT2D eigenvalue weighted by atomic mass is 19.1. The van der Waals surface area contributed by atoms with Gasteiger partial charge in [0.2, 0.25) is 0 Å². The maximum atomic E-state index is 13.9. The van der Waals surface area contributed by atoms with E-state index in [1.807, 2.05) is 6.92 Å². The van der Waals surface area contributed by atoms with E-state index in [0.29, 0.717) is 22.9 Å². The van der Waals surface area contributed by atoms with E-state index in [9.17, 15) is 8.78 Å². The van der Waals surface area contributed by atoms with Gasteiger partial charge in [-0.25, -0.2) is 8.78 Å². The molecule has 1 heterocycles. The number of fused-ring (bicyclic) bond motifs is 1. The molecule has 0 fully saturated rings. The van der Waals surface area contributed by atoms with E-state index >= 15 is 0 Å². The SMILES string of the molecule is CCCCc1ncc2ccc(F)cc2c1[18F]. The van der Waals surface area contributed by atoms with Gasteiger partial charge in [-0.05, 0) is 31.0 Å². The number of nitrogens with zero attached hydrogens (tertiary/aromatic N) is 1. The minimum atomic E-state index is -0.418. The van der Waals surface area contributed by atoms with Crippen molar-refractivity contribution < 1.29 is 8.78 Å². The Balaban J connectivity index is 2.50. The molecule has 0 saturated carbocycles. The van der Waals surface area contributed by atoms with Crippen LogP contribution in [0.4, 0.5) is 8.78 Å². The molecule has 0 saturated heterocycles. The number of hydrogen-bond acceptors (Lipinski definition) is 1. The first-order valence-corrected chi connectivity index (χ1v) is 5.45. The first-order chi connectivity index (χ1) is 7.72. The fraction of sp³-hybridized carbons (Fsp3) is 0.308. The molecule has 1 aromatic carbocycles. The molecule has 1 nitrogen and oxygen atoms in total. The highest BCUT2D eigenvalue weighted by Gasteiger charge is 2.09. The maximum absolute atomic E-state index is 13.9. The number of pyridine rings is 1. The molecule has 0 aliphatic heterocycles. The molecule has 1 aromatic heterocycles. The predicted molar refractivity (Wildman–Crippen MR) is 60.3 cm³/mol. The summed E-state index contributed by atoms with van der Waals surface area (Å²) in [6, 6.07) is 4.08. The van der Waals surface area contributed by atoms with Crippen LogP contribution in [0.5, 0.6) is 0 Å². The van der Waals surface area contributed by atoms with Gasteiger partial charge in [0.15, 0.2) is 5.82 Å². The molecule has 84 valence electrons. The third kappa shape index (κ3) is 2.03. The molecule has 0 atom stereocenters. The highest BCUT2D eigenvalue weighted by Crippen LogP contribution is 2.21. The van der Waals surface area contributed by atoms with Crippen LogP contribution >= 0.6 is 0 Å². The number of unbranched alkanes of at least 4 members (excludes halogenated alkanes) is 1. The highest BCUT2D eigenvalue weighted by molar-refractivity contribution is 5.82. The summed E-state index contributed by atoms with van der Waals surface area (Å²) in [6.45, 7) is 2.04. The van der Waals surface area contributed by atoms with Crippen molar-refractivity contribution >= 4 is 10.8 Å². The predicted octanol–water partition coefficient (Wildman–Crippen LogP) is 3.86. The first-order valence-electron chi connectivity index (χ1n) is 5.45. The van der Waals surface area contributed by atoms with Crippen molar-refractivity contribution in [2.45, 2.75) is 26.2 Å². The summed E-state index contributed by atoms with van der Waals surface area (Å²) in [4.78, 5) is 4.08. The number of aryl methyl sites for hydroxylation is 1. The van der Waals surface area contributed by atoms with E-state index in [-0.39, 0.29) is 5.82 Å². The van der Waals surface area contributed by atoms with Crippen LogP contribution in [0.25, 0.3) is 10.8 Å². The topological polar surface area (TPSA) is 12.9 Å². The molecule has 0 aliphatic rings. The molecule has 0 N–H and O–H groups in total. The van der Waals surface area contributed by atoms with Crippen molar-refractivity contribution in [3.63, 3.8) is 0 Å². The van der Waals surface area contributed by atoms with E-state index in [0.717, 1.165) is 12.8 Å². The van der Waals surface area contributed by atoms with Crippen LogP contribution in [-0.4, -0.2) is 4.98 Å². The molecule has 0 radical (unpaired) electrons. The van der Waals surface area contributed by atoms with Gasteiger partial charge in [-0.1, -0.05) is 13.3 Å². The van der Waals surface area contributed by atoms with Gasteiger partial charge in [-0.15, -0.1) is 0 Å². The van der Waals surface area contributed by atoms with Crippen LogP contribution in [-0.2, 0) is 6.42 Å². The largest absolute Gasteiger partial charge is 0.258 e. The minimum Gasteiger partial charge on any atom is -0.258 e. The average Bonchev–Trinajstić information content (AvgIpc) is 2.29. The zero-order chi connectivity index (χ0) is 11.5. The second-order valence-electron chi connectivity index (χ2n) is 3.85. The Bertz CT molecular complexity index is 509. The molecule has 0 aliphatic carbocycles. The van der Waals surface area contributed by atoms with Gasteiger partial charge < -0.3 is 0 Å². The van der Waals surface area contributed by atoms with Crippen molar-refractivity contribution in [1.82, 2.24) is 4.98 Å². The monoisotopic (exact) mass is 220 g/mol. The van der Waals surface area contributed by atoms with Crippen LogP contribution in [0, 0.1) is 11.6 Å². The van der Waals surface area contributed by atoms with Crippen LogP contribution in [0.1, 0.15) is 25.5 Å². The summed E-state index contributed by atoms with van der Waals surface area (Å²) in [5, 5.41) is 0.959. The fourth-order valence-electron chi connectivity index (χ4n) is 1.71. The number of rotatable bonds is 3. The third-order valence-corrected chi connectivity index (χ3v) is 2.63. The van der Waals surface area contributed by atoms with Crippen molar-refractivity contribution in [3.8, 4) is 0 Å². The molecule has 0 bridgehead atoms. The van der Waals surface area contributed by atoms with E-state index in [1.165, 1.54) is 12.1 Å². The first kappa shape index (κ1) is 11.0. The summed E-state index contributed by atoms with van der Waals surface area (Å²) in [5.41, 5.74) is 0.431. The van der Waals surface area contributed by atoms with Gasteiger partial charge in [-0.3, -0.25) is 4.98 Å². The van der Waals surface area contributed by atoms with Crippen LogP contribution < -0.4 is 0 Å². The molecule has 0 unspecified atom stereocenters. The fourth-order valence-corrected chi connectivity index (χ4v) is 1.71. The lowest BCUT2D eigenvalue weighted by Gasteiger charge is -2.05. The smallest absolute Gasteiger partial charge is 0.152 e. The Hall–Kier alpha value is -1.51. The van der Waals surface area contributed by atoms with E-state index in [4.69, 9.17) is 0 Å². The summed E-state index contributed by atoms with van der Waals surface area (Å²) < 4.78 is 27.0. The van der Waals surface area contributed by atoms with Gasteiger partial charge in [0.1, 0.15) is 5.82 Å². The molecule has 16 heavy (non-hydrogen) atoms. The Morgan fingerprint density at radius 2 is 2.06 bits per heavy atom. The standard InChI is InChI=1S/C13H13F2N/c1-2-3-4-12-13(15)11-7-10(14)6-5-9(11)8-16-12/h5-8H,2-4H2,1H3/i15-1. The van der Waals surface area contributed by atoms with Gasteiger partial charge >= 0.3 is 0 Å². The van der Waals surface area contributed by atoms with Gasteiger partial charge in [0.05, 0.1) is 5.69 Å². The number of halogens is 2. The van der Waals surface area contributed by atoms with Crippen LogP contribution in [0.3, 0.4) is 0 Å². The van der Waals surface area contributed by atoms with Crippen molar-refractivity contribution in [2.75, 3.05) is 0 Å². The van der Waals surface area contributed by atoms with Gasteiger partial charge in [0, 0.05) is 17.0 Å². The molecule has 3 heteroatoms. The normalized spacial score (nSPS) is 10.9. The van der Waals surface area contributed by atoms with E-state index in [2.05, 4.69) is 4.98 Å². The second-order valence-corrected chi connectivity index (χ2v) is 3.85. The number of hydrogen-bond donors (Lipinski definition) is 0. The lowest BCUT2D eigenvalue weighted by atomic mass is 10.1. The Labute approximate surface area is 93.1 Å². The minimum absolute atomic E-state index is 0.320. The molecular formula is C13H13F2N. The van der Waals surface area contributed by atoms with E-state index < -0.39 is 5.82 Å². The van der Waals surface area contributed by atoms with Crippen molar-refractivity contribution in [1.29, 1.82) is 0 Å². The van der Waals surface area contributed by atoms with Crippen molar-refractivity contribution in [2.24, 2.45) is 0 Å². The van der Waals surface area contributed by atoms with Crippen molar-refractivity contribution in [3.05, 3.63) is 41.7 Å². The molecule has 0 amide bonds. The summed E-state index contributed by atoms with van der Waals surface area (Å²) in [7, 11) is 0. The molecular weight excluding hydrogens is 207 g/mol. The van der Waals surface area contributed by atoms with E-state index in [1.54, 1.807) is 12.3 Å². The van der Waals surface area contributed by atoms with Crippen LogP contribution in [0.15, 0.2) is 24.4 Å². The third-order valence-electron chi connectivity index (χ3n) is 2.63. The number of benzene rings is 1. The Kier molecular flexibility index (Phi) is 3.13. The lowest BCUT2D eigenvalue weighted by Crippen LogP contribution is -1.96. The number of aromatic nitrogens is 1. The van der Waals surface area contributed by atoms with Gasteiger partial charge in [0.25, 0.3) is 0 Å². The van der Waals surface area contributed by atoms with Crippen LogP contribution in [0.2, 0.25) is 0 Å².